The fourth-order valence-corrected chi connectivity index (χ4v) is 2.41. The molecule has 3 heteroatoms. The molecular weight excluding hydrogens is 214 g/mol. The molecule has 0 amide bonds. The summed E-state index contributed by atoms with van der Waals surface area (Å²) in [4.78, 5) is 13.5. The summed E-state index contributed by atoms with van der Waals surface area (Å²) in [5.41, 5.74) is 2.32. The average Bonchev–Trinajstić information content (AvgIpc) is 2.57. The van der Waals surface area contributed by atoms with E-state index in [0.29, 0.717) is 5.56 Å². The summed E-state index contributed by atoms with van der Waals surface area (Å²) in [5.74, 6) is -0.826. The van der Waals surface area contributed by atoms with E-state index in [-0.39, 0.29) is 0 Å². The van der Waals surface area contributed by atoms with Crippen molar-refractivity contribution in [2.75, 3.05) is 18.0 Å². The van der Waals surface area contributed by atoms with Crippen molar-refractivity contribution in [3.63, 3.8) is 0 Å². The van der Waals surface area contributed by atoms with Gasteiger partial charge in [-0.2, -0.15) is 0 Å². The van der Waals surface area contributed by atoms with Gasteiger partial charge in [0, 0.05) is 13.1 Å². The lowest BCUT2D eigenvalue weighted by Gasteiger charge is -2.24. The standard InChI is InChI=1S/C14H19NO2/c1-11-6-7-13(12(10-11)14(16)17)15-8-4-2-3-5-9-15/h6-7,10H,2-5,8-9H2,1H3,(H,16,17). The Balaban J connectivity index is 2.32. The predicted octanol–water partition coefficient (Wildman–Crippen LogP) is 3.07. The summed E-state index contributed by atoms with van der Waals surface area (Å²) in [6.45, 7) is 3.88. The molecule has 1 aromatic rings. The van der Waals surface area contributed by atoms with Gasteiger partial charge in [0.1, 0.15) is 0 Å². The van der Waals surface area contributed by atoms with Crippen LogP contribution >= 0.6 is 0 Å². The average molecular weight is 233 g/mol. The fourth-order valence-electron chi connectivity index (χ4n) is 2.41. The van der Waals surface area contributed by atoms with Crippen molar-refractivity contribution >= 4 is 11.7 Å². The van der Waals surface area contributed by atoms with E-state index in [1.54, 1.807) is 6.07 Å². The molecule has 1 saturated heterocycles. The molecule has 0 aliphatic carbocycles. The van der Waals surface area contributed by atoms with Crippen molar-refractivity contribution in [2.45, 2.75) is 32.6 Å². The van der Waals surface area contributed by atoms with Crippen LogP contribution in [0.3, 0.4) is 0 Å². The van der Waals surface area contributed by atoms with E-state index in [1.165, 1.54) is 12.8 Å². The second-order valence-electron chi connectivity index (χ2n) is 4.73. The molecule has 0 unspecified atom stereocenters. The zero-order chi connectivity index (χ0) is 12.3. The number of benzene rings is 1. The number of rotatable bonds is 2. The maximum absolute atomic E-state index is 11.3. The van der Waals surface area contributed by atoms with Gasteiger partial charge in [-0.1, -0.05) is 24.5 Å². The highest BCUT2D eigenvalue weighted by molar-refractivity contribution is 5.94. The molecule has 1 aromatic carbocycles. The Morgan fingerprint density at radius 2 is 1.82 bits per heavy atom. The molecule has 0 atom stereocenters. The zero-order valence-electron chi connectivity index (χ0n) is 10.3. The molecule has 1 fully saturated rings. The molecule has 0 spiro atoms. The van der Waals surface area contributed by atoms with Crippen LogP contribution in [0, 0.1) is 6.92 Å². The van der Waals surface area contributed by atoms with Crippen molar-refractivity contribution in [3.8, 4) is 0 Å². The van der Waals surface area contributed by atoms with Gasteiger partial charge in [0.15, 0.2) is 0 Å². The second-order valence-corrected chi connectivity index (χ2v) is 4.73. The molecule has 1 heterocycles. The van der Waals surface area contributed by atoms with Gasteiger partial charge >= 0.3 is 5.97 Å². The monoisotopic (exact) mass is 233 g/mol. The van der Waals surface area contributed by atoms with E-state index in [2.05, 4.69) is 4.90 Å². The third kappa shape index (κ3) is 2.78. The molecule has 92 valence electrons. The minimum Gasteiger partial charge on any atom is -0.478 e. The van der Waals surface area contributed by atoms with Crippen LogP contribution < -0.4 is 4.90 Å². The summed E-state index contributed by atoms with van der Waals surface area (Å²) >= 11 is 0. The first-order valence-corrected chi connectivity index (χ1v) is 6.27. The van der Waals surface area contributed by atoms with Crippen LogP contribution in [-0.2, 0) is 0 Å². The van der Waals surface area contributed by atoms with Crippen molar-refractivity contribution < 1.29 is 9.90 Å². The fraction of sp³-hybridized carbons (Fsp3) is 0.500. The number of hydrogen-bond acceptors (Lipinski definition) is 2. The second kappa shape index (κ2) is 5.21. The molecule has 0 saturated carbocycles. The Bertz CT molecular complexity index is 407. The predicted molar refractivity (Wildman–Crippen MR) is 68.8 cm³/mol. The van der Waals surface area contributed by atoms with Crippen LogP contribution in [0.4, 0.5) is 5.69 Å². The Labute approximate surface area is 102 Å². The van der Waals surface area contributed by atoms with E-state index in [0.717, 1.165) is 37.2 Å². The summed E-state index contributed by atoms with van der Waals surface area (Å²) in [6, 6.07) is 5.71. The molecule has 1 aliphatic rings. The maximum atomic E-state index is 11.3. The number of nitrogens with zero attached hydrogens (tertiary/aromatic N) is 1. The first-order chi connectivity index (χ1) is 8.18. The van der Waals surface area contributed by atoms with Gasteiger partial charge in [-0.25, -0.2) is 4.79 Å². The van der Waals surface area contributed by atoms with Crippen molar-refractivity contribution in [1.82, 2.24) is 0 Å². The number of aryl methyl sites for hydroxylation is 1. The largest absolute Gasteiger partial charge is 0.478 e. The highest BCUT2D eigenvalue weighted by atomic mass is 16.4. The van der Waals surface area contributed by atoms with Crippen molar-refractivity contribution in [2.24, 2.45) is 0 Å². The van der Waals surface area contributed by atoms with Crippen molar-refractivity contribution in [1.29, 1.82) is 0 Å². The normalized spacial score (nSPS) is 16.6. The van der Waals surface area contributed by atoms with Crippen molar-refractivity contribution in [3.05, 3.63) is 29.3 Å². The summed E-state index contributed by atoms with van der Waals surface area (Å²) in [6.07, 6.45) is 4.83. The molecule has 1 aliphatic heterocycles. The molecule has 1 N–H and O–H groups in total. The Morgan fingerprint density at radius 1 is 1.18 bits per heavy atom. The minimum absolute atomic E-state index is 0.437. The number of aromatic carboxylic acids is 1. The Morgan fingerprint density at radius 3 is 2.41 bits per heavy atom. The lowest BCUT2D eigenvalue weighted by atomic mass is 10.1. The number of carbonyl (C=O) groups is 1. The minimum atomic E-state index is -0.826. The maximum Gasteiger partial charge on any atom is 0.337 e. The van der Waals surface area contributed by atoms with Gasteiger partial charge in [-0.15, -0.1) is 0 Å². The lowest BCUT2D eigenvalue weighted by molar-refractivity contribution is 0.0697. The van der Waals surface area contributed by atoms with Gasteiger partial charge in [-0.05, 0) is 31.9 Å². The number of hydrogen-bond donors (Lipinski definition) is 1. The van der Waals surface area contributed by atoms with Crippen LogP contribution in [0.25, 0.3) is 0 Å². The van der Waals surface area contributed by atoms with Gasteiger partial charge in [0.05, 0.1) is 11.3 Å². The first kappa shape index (κ1) is 12.0. The highest BCUT2D eigenvalue weighted by Gasteiger charge is 2.17. The van der Waals surface area contributed by atoms with Crippen LogP contribution in [0.2, 0.25) is 0 Å². The van der Waals surface area contributed by atoms with Crippen LogP contribution in [0.15, 0.2) is 18.2 Å². The van der Waals surface area contributed by atoms with E-state index in [1.807, 2.05) is 19.1 Å². The van der Waals surface area contributed by atoms with Crippen LogP contribution in [-0.4, -0.2) is 24.2 Å². The molecule has 0 radical (unpaired) electrons. The van der Waals surface area contributed by atoms with E-state index >= 15 is 0 Å². The number of carboxylic acids is 1. The summed E-state index contributed by atoms with van der Waals surface area (Å²) < 4.78 is 0. The quantitative estimate of drug-likeness (QED) is 0.853. The summed E-state index contributed by atoms with van der Waals surface area (Å²) in [5, 5.41) is 9.26. The topological polar surface area (TPSA) is 40.5 Å². The Hall–Kier alpha value is -1.51. The molecule has 0 bridgehead atoms. The lowest BCUT2D eigenvalue weighted by Crippen LogP contribution is -2.25. The molecule has 0 aromatic heterocycles. The van der Waals surface area contributed by atoms with Gasteiger partial charge in [0.25, 0.3) is 0 Å². The van der Waals surface area contributed by atoms with E-state index in [9.17, 15) is 9.90 Å². The van der Waals surface area contributed by atoms with E-state index in [4.69, 9.17) is 0 Å². The molecule has 17 heavy (non-hydrogen) atoms. The SMILES string of the molecule is Cc1ccc(N2CCCCCC2)c(C(=O)O)c1. The molecule has 2 rings (SSSR count). The Kier molecular flexibility index (Phi) is 3.67. The van der Waals surface area contributed by atoms with Crippen LogP contribution in [0.5, 0.6) is 0 Å². The molecule has 3 nitrogen and oxygen atoms in total. The highest BCUT2D eigenvalue weighted by Crippen LogP contribution is 2.24. The summed E-state index contributed by atoms with van der Waals surface area (Å²) in [7, 11) is 0. The smallest absolute Gasteiger partial charge is 0.337 e. The zero-order valence-corrected chi connectivity index (χ0v) is 10.3. The number of anilines is 1. The van der Waals surface area contributed by atoms with E-state index < -0.39 is 5.97 Å². The first-order valence-electron chi connectivity index (χ1n) is 6.27. The van der Waals surface area contributed by atoms with Crippen LogP contribution in [0.1, 0.15) is 41.6 Å². The third-order valence-electron chi connectivity index (χ3n) is 3.33. The van der Waals surface area contributed by atoms with Gasteiger partial charge < -0.3 is 10.0 Å². The molecular formula is C14H19NO2. The van der Waals surface area contributed by atoms with Gasteiger partial charge in [0.2, 0.25) is 0 Å². The van der Waals surface area contributed by atoms with Gasteiger partial charge in [-0.3, -0.25) is 0 Å². The number of carboxylic acid groups (broad SMARTS) is 1. The third-order valence-corrected chi connectivity index (χ3v) is 3.33.